The second kappa shape index (κ2) is 9.10. The van der Waals surface area contributed by atoms with Gasteiger partial charge >= 0.3 is 0 Å². The van der Waals surface area contributed by atoms with Gasteiger partial charge in [-0.25, -0.2) is 4.98 Å². The van der Waals surface area contributed by atoms with E-state index in [9.17, 15) is 0 Å². The summed E-state index contributed by atoms with van der Waals surface area (Å²) >= 11 is 1.91. The van der Waals surface area contributed by atoms with Gasteiger partial charge in [0.05, 0.1) is 5.69 Å². The van der Waals surface area contributed by atoms with Crippen LogP contribution in [-0.2, 0) is 11.8 Å². The maximum absolute atomic E-state index is 6.33. The third-order valence-corrected chi connectivity index (χ3v) is 8.69. The molecule has 3 heteroatoms. The molecule has 3 heterocycles. The number of rotatable bonds is 4. The Morgan fingerprint density at radius 2 is 1.66 bits per heavy atom. The lowest BCUT2D eigenvalue weighted by atomic mass is 9.82. The van der Waals surface area contributed by atoms with Gasteiger partial charge in [-0.15, -0.1) is 11.3 Å². The lowest BCUT2D eigenvalue weighted by Gasteiger charge is -2.23. The molecule has 3 aromatic carbocycles. The van der Waals surface area contributed by atoms with E-state index in [2.05, 4.69) is 108 Å². The topological polar surface area (TPSA) is 26.0 Å². The number of nitrogens with zero attached hydrogens (tertiary/aromatic N) is 1. The zero-order chi connectivity index (χ0) is 26.8. The summed E-state index contributed by atoms with van der Waals surface area (Å²) in [6, 6.07) is 24.7. The molecule has 0 unspecified atom stereocenters. The summed E-state index contributed by atoms with van der Waals surface area (Å²) in [5.74, 6) is 1.58. The van der Waals surface area contributed by atoms with E-state index in [4.69, 9.17) is 9.40 Å². The molecular weight excluding hydrogens is 482 g/mol. The van der Waals surface area contributed by atoms with Crippen LogP contribution < -0.4 is 0 Å². The Morgan fingerprint density at radius 3 is 2.42 bits per heavy atom. The number of hydrogen-bond acceptors (Lipinski definition) is 3. The summed E-state index contributed by atoms with van der Waals surface area (Å²) < 4.78 is 7.66. The van der Waals surface area contributed by atoms with Gasteiger partial charge in [0.15, 0.2) is 5.58 Å². The number of thiophene rings is 1. The van der Waals surface area contributed by atoms with Gasteiger partial charge < -0.3 is 4.42 Å². The van der Waals surface area contributed by atoms with E-state index in [1.54, 1.807) is 0 Å². The largest absolute Gasteiger partial charge is 0.459 e. The van der Waals surface area contributed by atoms with Crippen LogP contribution in [0.4, 0.5) is 0 Å². The highest BCUT2D eigenvalue weighted by Gasteiger charge is 2.21. The van der Waals surface area contributed by atoms with Gasteiger partial charge in [-0.1, -0.05) is 71.0 Å². The van der Waals surface area contributed by atoms with Crippen molar-refractivity contribution in [2.75, 3.05) is 0 Å². The number of fused-ring (bicyclic) bond motifs is 3. The molecule has 0 atom stereocenters. The first-order chi connectivity index (χ1) is 18.1. The van der Waals surface area contributed by atoms with Crippen molar-refractivity contribution in [1.29, 1.82) is 0 Å². The molecule has 0 saturated carbocycles. The Labute approximate surface area is 229 Å². The summed E-state index contributed by atoms with van der Waals surface area (Å²) in [5, 5.41) is 3.87. The van der Waals surface area contributed by atoms with E-state index in [0.29, 0.717) is 5.92 Å². The zero-order valence-corrected chi connectivity index (χ0v) is 24.2. The van der Waals surface area contributed by atoms with Gasteiger partial charge in [0.2, 0.25) is 0 Å². The Balaban J connectivity index is 1.59. The van der Waals surface area contributed by atoms with Crippen LogP contribution in [0.25, 0.3) is 54.3 Å². The molecule has 6 aromatic rings. The molecule has 0 aliphatic rings. The number of aryl methyl sites for hydroxylation is 2. The molecule has 0 bridgehead atoms. The summed E-state index contributed by atoms with van der Waals surface area (Å²) in [5.41, 5.74) is 8.70. The van der Waals surface area contributed by atoms with Crippen LogP contribution in [-0.4, -0.2) is 4.98 Å². The minimum atomic E-state index is 0.0165. The van der Waals surface area contributed by atoms with Gasteiger partial charge in [0.25, 0.3) is 0 Å². The van der Waals surface area contributed by atoms with Crippen LogP contribution >= 0.6 is 11.3 Å². The highest BCUT2D eigenvalue weighted by molar-refractivity contribution is 7.19. The molecule has 2 nitrogen and oxygen atoms in total. The van der Waals surface area contributed by atoms with E-state index >= 15 is 0 Å². The summed E-state index contributed by atoms with van der Waals surface area (Å²) in [7, 11) is 0. The first-order valence-electron chi connectivity index (χ1n) is 13.6. The molecule has 0 radical (unpaired) electrons. The van der Waals surface area contributed by atoms with Crippen LogP contribution in [0.2, 0.25) is 0 Å². The average Bonchev–Trinajstić information content (AvgIpc) is 3.40. The Hall–Kier alpha value is -3.43. The number of hydrogen-bond donors (Lipinski definition) is 0. The van der Waals surface area contributed by atoms with Crippen molar-refractivity contribution in [2.45, 2.75) is 60.3 Å². The fourth-order valence-corrected chi connectivity index (χ4v) is 6.80. The minimum absolute atomic E-state index is 0.0165. The Morgan fingerprint density at radius 1 is 0.868 bits per heavy atom. The maximum Gasteiger partial charge on any atom is 0.160 e. The molecule has 0 N–H and O–H groups in total. The van der Waals surface area contributed by atoms with Gasteiger partial charge in [-0.05, 0) is 89.2 Å². The molecule has 3 aromatic heterocycles. The molecule has 0 aliphatic carbocycles. The smallest absolute Gasteiger partial charge is 0.160 e. The van der Waals surface area contributed by atoms with Crippen LogP contribution in [0.15, 0.2) is 71.1 Å². The monoisotopic (exact) mass is 517 g/mol. The molecule has 0 fully saturated rings. The maximum atomic E-state index is 6.33. The third-order valence-electron chi connectivity index (χ3n) is 7.57. The van der Waals surface area contributed by atoms with Crippen molar-refractivity contribution >= 4 is 43.3 Å². The Bertz CT molecular complexity index is 1830. The molecule has 6 rings (SSSR count). The van der Waals surface area contributed by atoms with Crippen LogP contribution in [0.1, 0.15) is 56.4 Å². The fraction of sp³-hybridized carbons (Fsp3) is 0.286. The normalized spacial score (nSPS) is 12.4. The Kier molecular flexibility index (Phi) is 5.96. The summed E-state index contributed by atoms with van der Waals surface area (Å²) in [6.07, 6.45) is 1.12. The van der Waals surface area contributed by atoms with Crippen molar-refractivity contribution in [2.24, 2.45) is 5.92 Å². The predicted octanol–water partition coefficient (Wildman–Crippen LogP) is 10.6. The van der Waals surface area contributed by atoms with Gasteiger partial charge in [0.1, 0.15) is 11.3 Å². The quantitative estimate of drug-likeness (QED) is 0.232. The summed E-state index contributed by atoms with van der Waals surface area (Å²) in [4.78, 5) is 6.64. The fourth-order valence-electron chi connectivity index (χ4n) is 5.49. The highest BCUT2D eigenvalue weighted by atomic mass is 32.1. The zero-order valence-electron chi connectivity index (χ0n) is 23.4. The third kappa shape index (κ3) is 4.33. The van der Waals surface area contributed by atoms with E-state index < -0.39 is 0 Å². The van der Waals surface area contributed by atoms with Crippen LogP contribution in [0, 0.1) is 19.8 Å². The second-order valence-corrected chi connectivity index (χ2v) is 13.2. The lowest BCUT2D eigenvalue weighted by molar-refractivity contribution is 0.575. The van der Waals surface area contributed by atoms with Crippen molar-refractivity contribution in [3.05, 3.63) is 88.5 Å². The predicted molar refractivity (Wildman–Crippen MR) is 164 cm³/mol. The van der Waals surface area contributed by atoms with Crippen molar-refractivity contribution in [1.82, 2.24) is 4.98 Å². The van der Waals surface area contributed by atoms with Gasteiger partial charge in [-0.2, -0.15) is 0 Å². The van der Waals surface area contributed by atoms with Crippen molar-refractivity contribution in [3.8, 4) is 22.4 Å². The van der Waals surface area contributed by atoms with Gasteiger partial charge in [0, 0.05) is 26.3 Å². The van der Waals surface area contributed by atoms with E-state index in [1.807, 2.05) is 18.3 Å². The second-order valence-electron chi connectivity index (χ2n) is 12.1. The lowest BCUT2D eigenvalue weighted by Crippen LogP contribution is -2.12. The molecule has 192 valence electrons. The molecular formula is C35H35NOS. The SMILES string of the molecule is Cc1oc2c(-c3ccc4cc(CC(C)C)sc4c3)cc(-c3cc(C(C)(C)C)c4ccccc4c3)nc2c1C. The van der Waals surface area contributed by atoms with E-state index in [1.165, 1.54) is 36.9 Å². The molecule has 0 saturated heterocycles. The highest BCUT2D eigenvalue weighted by Crippen LogP contribution is 2.40. The number of pyridine rings is 1. The van der Waals surface area contributed by atoms with Crippen LogP contribution in [0.5, 0.6) is 0 Å². The first-order valence-corrected chi connectivity index (χ1v) is 14.4. The summed E-state index contributed by atoms with van der Waals surface area (Å²) in [6.45, 7) is 15.6. The standard InChI is InChI=1S/C35H35NOS/c1-20(2)14-27-16-25-13-12-24(18-32(25)38-27)29-19-31(36-33-21(3)22(4)37-34(29)33)26-15-23-10-8-9-11-28(23)30(17-26)35(5,6)7/h8-13,15-20H,14H2,1-7H3. The molecule has 38 heavy (non-hydrogen) atoms. The minimum Gasteiger partial charge on any atom is -0.459 e. The molecule has 0 spiro atoms. The molecule has 0 amide bonds. The number of benzene rings is 3. The van der Waals surface area contributed by atoms with Gasteiger partial charge in [-0.3, -0.25) is 0 Å². The van der Waals surface area contributed by atoms with E-state index in [-0.39, 0.29) is 5.41 Å². The van der Waals surface area contributed by atoms with Crippen LogP contribution in [0.3, 0.4) is 0 Å². The average molecular weight is 518 g/mol. The first kappa shape index (κ1) is 24.9. The number of aromatic nitrogens is 1. The molecule has 0 aliphatic heterocycles. The van der Waals surface area contributed by atoms with Crippen molar-refractivity contribution < 1.29 is 4.42 Å². The van der Waals surface area contributed by atoms with E-state index in [0.717, 1.165) is 45.7 Å². The van der Waals surface area contributed by atoms with Crippen molar-refractivity contribution in [3.63, 3.8) is 0 Å². The number of furan rings is 1.